The van der Waals surface area contributed by atoms with Gasteiger partial charge in [0.1, 0.15) is 11.8 Å². The quantitative estimate of drug-likeness (QED) is 0.903. The summed E-state index contributed by atoms with van der Waals surface area (Å²) in [7, 11) is 0. The van der Waals surface area contributed by atoms with E-state index in [9.17, 15) is 14.7 Å². The zero-order valence-electron chi connectivity index (χ0n) is 14.6. The van der Waals surface area contributed by atoms with Crippen LogP contribution in [0.5, 0.6) is 5.75 Å². The van der Waals surface area contributed by atoms with Crippen molar-refractivity contribution >= 4 is 28.9 Å². The molecule has 0 aliphatic carbocycles. The molecule has 132 valence electrons. The topological polar surface area (TPSA) is 79.7 Å². The van der Waals surface area contributed by atoms with Crippen LogP contribution in [0.1, 0.15) is 32.2 Å². The summed E-state index contributed by atoms with van der Waals surface area (Å²) in [5.74, 6) is -0.893. The number of aliphatic carboxylic acids is 1. The highest BCUT2D eigenvalue weighted by atomic mass is 32.1. The van der Waals surface area contributed by atoms with Gasteiger partial charge in [-0.25, -0.2) is 9.78 Å². The molecule has 1 amide bonds. The molecule has 1 aromatic carbocycles. The van der Waals surface area contributed by atoms with Gasteiger partial charge in [-0.2, -0.15) is 0 Å². The summed E-state index contributed by atoms with van der Waals surface area (Å²) in [6.45, 7) is 6.97. The Morgan fingerprint density at radius 3 is 2.72 bits per heavy atom. The number of hydrogen-bond acceptors (Lipinski definition) is 5. The minimum absolute atomic E-state index is 0.302. The Morgan fingerprint density at radius 1 is 1.44 bits per heavy atom. The number of nitrogens with zero attached hydrogens (tertiary/aromatic N) is 2. The monoisotopic (exact) mass is 360 g/mol. The van der Waals surface area contributed by atoms with Crippen LogP contribution >= 0.6 is 11.3 Å². The highest BCUT2D eigenvalue weighted by Gasteiger charge is 2.45. The van der Waals surface area contributed by atoms with Gasteiger partial charge in [0, 0.05) is 10.9 Å². The Kier molecular flexibility index (Phi) is 4.28. The van der Waals surface area contributed by atoms with Gasteiger partial charge in [-0.05, 0) is 45.4 Å². The number of hydrogen-bond donors (Lipinski definition) is 1. The van der Waals surface area contributed by atoms with Gasteiger partial charge < -0.3 is 9.84 Å². The molecule has 1 N–H and O–H groups in total. The summed E-state index contributed by atoms with van der Waals surface area (Å²) in [6, 6.07) is 4.48. The fourth-order valence-corrected chi connectivity index (χ4v) is 3.56. The lowest BCUT2D eigenvalue weighted by Gasteiger charge is -2.41. The van der Waals surface area contributed by atoms with E-state index in [4.69, 9.17) is 4.74 Å². The average molecular weight is 360 g/mol. The van der Waals surface area contributed by atoms with Crippen LogP contribution in [0.25, 0.3) is 11.3 Å². The molecule has 25 heavy (non-hydrogen) atoms. The lowest BCUT2D eigenvalue weighted by Crippen LogP contribution is -2.57. The molecular formula is C18H20N2O4S. The maximum absolute atomic E-state index is 12.9. The molecule has 0 spiro atoms. The van der Waals surface area contributed by atoms with Gasteiger partial charge in [0.25, 0.3) is 5.91 Å². The van der Waals surface area contributed by atoms with Crippen molar-refractivity contribution in [2.75, 3.05) is 4.90 Å². The maximum atomic E-state index is 12.9. The van der Waals surface area contributed by atoms with Crippen LogP contribution in [-0.4, -0.2) is 33.6 Å². The lowest BCUT2D eigenvalue weighted by atomic mass is 9.99. The third-order valence-electron chi connectivity index (χ3n) is 4.22. The fourth-order valence-electron chi connectivity index (χ4n) is 2.94. The minimum Gasteiger partial charge on any atom is -0.480 e. The zero-order valence-corrected chi connectivity index (χ0v) is 15.4. The second-order valence-electron chi connectivity index (χ2n) is 6.48. The van der Waals surface area contributed by atoms with Crippen molar-refractivity contribution in [1.82, 2.24) is 4.98 Å². The zero-order chi connectivity index (χ0) is 18.4. The number of fused-ring (bicyclic) bond motifs is 1. The smallest absolute Gasteiger partial charge is 0.326 e. The average Bonchev–Trinajstić information content (AvgIpc) is 2.97. The number of amides is 1. The second kappa shape index (κ2) is 6.15. The van der Waals surface area contributed by atoms with Gasteiger partial charge in [0.2, 0.25) is 0 Å². The van der Waals surface area contributed by atoms with Crippen LogP contribution < -0.4 is 9.64 Å². The van der Waals surface area contributed by atoms with Crippen LogP contribution in [0.3, 0.4) is 0 Å². The normalized spacial score (nSPS) is 17.0. The van der Waals surface area contributed by atoms with Crippen molar-refractivity contribution in [2.45, 2.75) is 45.8 Å². The summed E-state index contributed by atoms with van der Waals surface area (Å²) in [5, 5.41) is 12.5. The number of aryl methyl sites for hydroxylation is 1. The number of benzene rings is 1. The first kappa shape index (κ1) is 17.4. The lowest BCUT2D eigenvalue weighted by molar-refractivity contribution is -0.143. The Hall–Kier alpha value is -2.41. The number of carboxylic acids is 1. The molecule has 0 fully saturated rings. The van der Waals surface area contributed by atoms with Crippen LogP contribution in [-0.2, 0) is 9.59 Å². The first-order valence-corrected chi connectivity index (χ1v) is 8.94. The Morgan fingerprint density at radius 2 is 2.16 bits per heavy atom. The van der Waals surface area contributed by atoms with Gasteiger partial charge in [-0.3, -0.25) is 9.69 Å². The second-order valence-corrected chi connectivity index (χ2v) is 7.55. The molecule has 0 bridgehead atoms. The van der Waals surface area contributed by atoms with Gasteiger partial charge in [0.05, 0.1) is 16.4 Å². The van der Waals surface area contributed by atoms with Crippen molar-refractivity contribution in [1.29, 1.82) is 0 Å². The molecule has 1 aliphatic heterocycles. The van der Waals surface area contributed by atoms with E-state index in [2.05, 4.69) is 4.98 Å². The summed E-state index contributed by atoms with van der Waals surface area (Å²) >= 11 is 1.54. The van der Waals surface area contributed by atoms with Gasteiger partial charge >= 0.3 is 5.97 Å². The van der Waals surface area contributed by atoms with E-state index < -0.39 is 17.6 Å². The minimum atomic E-state index is -1.12. The third-order valence-corrected chi connectivity index (χ3v) is 4.99. The van der Waals surface area contributed by atoms with Crippen molar-refractivity contribution in [3.05, 3.63) is 28.6 Å². The number of aromatic nitrogens is 1. The summed E-state index contributed by atoms with van der Waals surface area (Å²) in [5.41, 5.74) is 0.978. The van der Waals surface area contributed by atoms with E-state index in [-0.39, 0.29) is 5.91 Å². The molecule has 3 rings (SSSR count). The number of thiazole rings is 1. The predicted octanol–water partition coefficient (Wildman–Crippen LogP) is 3.49. The van der Waals surface area contributed by atoms with E-state index in [0.29, 0.717) is 17.9 Å². The first-order chi connectivity index (χ1) is 11.7. The van der Waals surface area contributed by atoms with Crippen molar-refractivity contribution in [3.63, 3.8) is 0 Å². The molecule has 0 saturated heterocycles. The Balaban J connectivity index is 2.16. The summed E-state index contributed by atoms with van der Waals surface area (Å²) in [4.78, 5) is 30.4. The molecular weight excluding hydrogens is 340 g/mol. The van der Waals surface area contributed by atoms with Gasteiger partial charge in [0.15, 0.2) is 5.60 Å². The van der Waals surface area contributed by atoms with E-state index >= 15 is 0 Å². The Bertz CT molecular complexity index is 843. The molecule has 1 aliphatic rings. The predicted molar refractivity (Wildman–Crippen MR) is 96.2 cm³/mol. The van der Waals surface area contributed by atoms with Crippen LogP contribution in [0.2, 0.25) is 0 Å². The number of carbonyl (C=O) groups excluding carboxylic acids is 1. The van der Waals surface area contributed by atoms with E-state index in [1.807, 2.05) is 18.4 Å². The number of carboxylic acid groups (broad SMARTS) is 1. The van der Waals surface area contributed by atoms with Crippen molar-refractivity contribution < 1.29 is 19.4 Å². The maximum Gasteiger partial charge on any atom is 0.326 e. The van der Waals surface area contributed by atoms with Gasteiger partial charge in [-0.1, -0.05) is 6.92 Å². The van der Waals surface area contributed by atoms with E-state index in [1.165, 1.54) is 16.2 Å². The van der Waals surface area contributed by atoms with E-state index in [0.717, 1.165) is 16.3 Å². The highest BCUT2D eigenvalue weighted by Crippen LogP contribution is 2.41. The molecule has 6 nitrogen and oxygen atoms in total. The standard InChI is InChI=1S/C18H20N2O4S/c1-5-13(16(21)22)20-14-8-11(12-9-25-10(2)19-12)6-7-15(14)24-18(3,4)17(20)23/h6-9,13H,5H2,1-4H3,(H,21,22). The molecule has 1 aromatic heterocycles. The molecule has 0 radical (unpaired) electrons. The molecule has 1 atom stereocenters. The van der Waals surface area contributed by atoms with Crippen molar-refractivity contribution in [3.8, 4) is 17.0 Å². The fraction of sp³-hybridized carbons (Fsp3) is 0.389. The number of anilines is 1. The SMILES string of the molecule is CCC(C(=O)O)N1C(=O)C(C)(C)Oc2ccc(-c3csc(C)n3)cc21. The van der Waals surface area contributed by atoms with E-state index in [1.54, 1.807) is 32.9 Å². The molecule has 1 unspecified atom stereocenters. The number of carbonyl (C=O) groups is 2. The Labute approximate surface area is 150 Å². The number of ether oxygens (including phenoxy) is 1. The molecule has 7 heteroatoms. The third kappa shape index (κ3) is 3.00. The number of rotatable bonds is 4. The van der Waals surface area contributed by atoms with Crippen LogP contribution in [0.15, 0.2) is 23.6 Å². The van der Waals surface area contributed by atoms with Crippen LogP contribution in [0, 0.1) is 6.92 Å². The highest BCUT2D eigenvalue weighted by molar-refractivity contribution is 7.09. The molecule has 0 saturated carbocycles. The van der Waals surface area contributed by atoms with Gasteiger partial charge in [-0.15, -0.1) is 11.3 Å². The largest absolute Gasteiger partial charge is 0.480 e. The van der Waals surface area contributed by atoms with Crippen molar-refractivity contribution in [2.24, 2.45) is 0 Å². The summed E-state index contributed by atoms with van der Waals surface area (Å²) < 4.78 is 5.83. The molecule has 2 aromatic rings. The van der Waals surface area contributed by atoms with Crippen LogP contribution in [0.4, 0.5) is 5.69 Å². The molecule has 2 heterocycles. The summed E-state index contributed by atoms with van der Waals surface area (Å²) in [6.07, 6.45) is 0.302. The first-order valence-electron chi connectivity index (χ1n) is 8.06.